The summed E-state index contributed by atoms with van der Waals surface area (Å²) in [6.07, 6.45) is 2.40. The summed E-state index contributed by atoms with van der Waals surface area (Å²) in [4.78, 5) is 2.16. The van der Waals surface area contributed by atoms with E-state index in [1.165, 1.54) is 0 Å². The third-order valence-corrected chi connectivity index (χ3v) is 3.11. The molecule has 1 rings (SSSR count). The summed E-state index contributed by atoms with van der Waals surface area (Å²) in [5, 5.41) is 0.620. The molecular weight excluding hydrogens is 222 g/mol. The molecule has 0 N–H and O–H groups in total. The fourth-order valence-corrected chi connectivity index (χ4v) is 2.46. The molecule has 0 spiro atoms. The molecule has 1 fully saturated rings. The highest BCUT2D eigenvalue weighted by Gasteiger charge is 2.29. The van der Waals surface area contributed by atoms with E-state index in [-0.39, 0.29) is 5.60 Å². The molecule has 1 heterocycles. The molecule has 2 atom stereocenters. The fraction of sp³-hybridized carbons (Fsp3) is 0.917. The third-order valence-electron chi connectivity index (χ3n) is 2.79. The lowest BCUT2D eigenvalue weighted by atomic mass is 10.0. The van der Waals surface area contributed by atoms with Crippen LogP contribution < -0.4 is 0 Å². The number of rotatable bonds is 1. The van der Waals surface area contributed by atoms with Crippen LogP contribution in [0.2, 0.25) is 0 Å². The monoisotopic (exact) mass is 245 g/mol. The van der Waals surface area contributed by atoms with Gasteiger partial charge in [-0.05, 0) is 52.8 Å². The Labute approximate surface area is 104 Å². The van der Waals surface area contributed by atoms with Crippen molar-refractivity contribution in [2.45, 2.75) is 58.3 Å². The van der Waals surface area contributed by atoms with E-state index in [1.807, 2.05) is 20.8 Å². The van der Waals surface area contributed by atoms with E-state index in [1.54, 1.807) is 7.11 Å². The molecule has 1 aliphatic rings. The number of piperidine rings is 1. The van der Waals surface area contributed by atoms with Crippen LogP contribution in [0.25, 0.3) is 0 Å². The van der Waals surface area contributed by atoms with Gasteiger partial charge in [0.1, 0.15) is 5.60 Å². The number of methoxy groups -OCH3 is 1. The fourth-order valence-electron chi connectivity index (χ4n) is 1.93. The largest absolute Gasteiger partial charge is 0.465 e. The van der Waals surface area contributed by atoms with E-state index in [4.69, 9.17) is 21.7 Å². The van der Waals surface area contributed by atoms with Gasteiger partial charge in [-0.2, -0.15) is 0 Å². The van der Waals surface area contributed by atoms with E-state index >= 15 is 0 Å². The van der Waals surface area contributed by atoms with Crippen molar-refractivity contribution in [1.82, 2.24) is 4.90 Å². The summed E-state index contributed by atoms with van der Waals surface area (Å²) in [6, 6.07) is 0.397. The van der Waals surface area contributed by atoms with Gasteiger partial charge in [-0.25, -0.2) is 0 Å². The second-order valence-corrected chi connectivity index (χ2v) is 5.75. The van der Waals surface area contributed by atoms with Gasteiger partial charge < -0.3 is 14.4 Å². The Morgan fingerprint density at radius 1 is 1.38 bits per heavy atom. The predicted molar refractivity (Wildman–Crippen MR) is 69.6 cm³/mol. The van der Waals surface area contributed by atoms with Gasteiger partial charge >= 0.3 is 0 Å². The zero-order valence-electron chi connectivity index (χ0n) is 10.9. The van der Waals surface area contributed by atoms with Crippen LogP contribution in [0, 0.1) is 0 Å². The molecule has 0 aromatic carbocycles. The Morgan fingerprint density at radius 3 is 2.44 bits per heavy atom. The van der Waals surface area contributed by atoms with E-state index in [0.717, 1.165) is 19.4 Å². The summed E-state index contributed by atoms with van der Waals surface area (Å²) in [5.74, 6) is 0. The first-order valence-electron chi connectivity index (χ1n) is 5.86. The second kappa shape index (κ2) is 5.32. The first kappa shape index (κ1) is 13.7. The van der Waals surface area contributed by atoms with E-state index in [9.17, 15) is 0 Å². The molecule has 0 aliphatic carbocycles. The van der Waals surface area contributed by atoms with Crippen LogP contribution in [0.15, 0.2) is 0 Å². The minimum atomic E-state index is -0.213. The van der Waals surface area contributed by atoms with Crippen LogP contribution in [0.1, 0.15) is 40.5 Å². The van der Waals surface area contributed by atoms with Gasteiger partial charge in [0.25, 0.3) is 5.17 Å². The summed E-state index contributed by atoms with van der Waals surface area (Å²) in [6.45, 7) is 9.15. The number of thiocarbonyl (C=S) groups is 1. The smallest absolute Gasteiger partial charge is 0.260 e. The van der Waals surface area contributed by atoms with Crippen molar-refractivity contribution in [3.63, 3.8) is 0 Å². The first-order chi connectivity index (χ1) is 7.33. The number of ether oxygens (including phenoxy) is 2. The molecule has 0 amide bonds. The van der Waals surface area contributed by atoms with Gasteiger partial charge in [0.15, 0.2) is 0 Å². The van der Waals surface area contributed by atoms with Crippen LogP contribution in [0.4, 0.5) is 0 Å². The zero-order chi connectivity index (χ0) is 12.3. The minimum Gasteiger partial charge on any atom is -0.465 e. The average Bonchev–Trinajstić information content (AvgIpc) is 2.14. The lowest BCUT2D eigenvalue weighted by Gasteiger charge is -2.39. The summed E-state index contributed by atoms with van der Waals surface area (Å²) < 4.78 is 11.1. The maximum Gasteiger partial charge on any atom is 0.260 e. The van der Waals surface area contributed by atoms with E-state index in [2.05, 4.69) is 11.8 Å². The van der Waals surface area contributed by atoms with Crippen LogP contribution in [-0.2, 0) is 9.47 Å². The van der Waals surface area contributed by atoms with E-state index < -0.39 is 0 Å². The van der Waals surface area contributed by atoms with Crippen LogP contribution in [0.5, 0.6) is 0 Å². The molecule has 16 heavy (non-hydrogen) atoms. The van der Waals surface area contributed by atoms with Gasteiger partial charge in [0.2, 0.25) is 0 Å². The quantitative estimate of drug-likeness (QED) is 0.662. The van der Waals surface area contributed by atoms with Gasteiger partial charge in [-0.3, -0.25) is 0 Å². The summed E-state index contributed by atoms with van der Waals surface area (Å²) >= 11 is 5.34. The van der Waals surface area contributed by atoms with Crippen molar-refractivity contribution >= 4 is 17.4 Å². The lowest BCUT2D eigenvalue weighted by molar-refractivity contribution is 0.0205. The van der Waals surface area contributed by atoms with Crippen molar-refractivity contribution in [2.75, 3.05) is 13.7 Å². The first-order valence-corrected chi connectivity index (χ1v) is 6.26. The molecule has 3 nitrogen and oxygen atoms in total. The molecular formula is C12H23NO2S. The van der Waals surface area contributed by atoms with Gasteiger partial charge in [-0.1, -0.05) is 0 Å². The number of nitrogens with zero attached hydrogens (tertiary/aromatic N) is 1. The van der Waals surface area contributed by atoms with Gasteiger partial charge in [-0.15, -0.1) is 0 Å². The highest BCUT2D eigenvalue weighted by Crippen LogP contribution is 2.21. The maximum absolute atomic E-state index is 5.73. The van der Waals surface area contributed by atoms with Gasteiger partial charge in [0.05, 0.1) is 6.10 Å². The van der Waals surface area contributed by atoms with Crippen molar-refractivity contribution in [3.8, 4) is 0 Å². The number of hydrogen-bond acceptors (Lipinski definition) is 3. The minimum absolute atomic E-state index is 0.213. The number of hydrogen-bond donors (Lipinski definition) is 0. The van der Waals surface area contributed by atoms with Gasteiger partial charge in [0, 0.05) is 19.7 Å². The summed E-state index contributed by atoms with van der Waals surface area (Å²) in [5.41, 5.74) is -0.213. The number of likely N-dealkylation sites (tertiary alicyclic amines) is 1. The molecule has 1 aliphatic heterocycles. The SMILES string of the molecule is CO[C@@H]1CCN(C(=S)OC(C)(C)C)[C@H](C)C1. The summed E-state index contributed by atoms with van der Waals surface area (Å²) in [7, 11) is 1.77. The Hall–Kier alpha value is -0.350. The van der Waals surface area contributed by atoms with Crippen LogP contribution in [0.3, 0.4) is 0 Å². The maximum atomic E-state index is 5.73. The average molecular weight is 245 g/mol. The van der Waals surface area contributed by atoms with Crippen LogP contribution >= 0.6 is 12.2 Å². The molecule has 0 saturated carbocycles. The van der Waals surface area contributed by atoms with Crippen molar-refractivity contribution in [3.05, 3.63) is 0 Å². The molecule has 1 saturated heterocycles. The highest BCUT2D eigenvalue weighted by molar-refractivity contribution is 7.80. The van der Waals surface area contributed by atoms with Crippen molar-refractivity contribution < 1.29 is 9.47 Å². The third kappa shape index (κ3) is 3.91. The standard InChI is InChI=1S/C12H23NO2S/c1-9-8-10(14-5)6-7-13(9)11(16)15-12(2,3)4/h9-10H,6-8H2,1-5H3/t9-,10-/m1/s1. The topological polar surface area (TPSA) is 21.7 Å². The molecule has 4 heteroatoms. The van der Waals surface area contributed by atoms with Crippen LogP contribution in [-0.4, -0.2) is 41.5 Å². The Kier molecular flexibility index (Phi) is 4.56. The second-order valence-electron chi connectivity index (χ2n) is 5.40. The predicted octanol–water partition coefficient (Wildman–Crippen LogP) is 2.59. The van der Waals surface area contributed by atoms with Crippen molar-refractivity contribution in [1.29, 1.82) is 0 Å². The lowest BCUT2D eigenvalue weighted by Crippen LogP contribution is -2.48. The molecule has 0 aromatic rings. The Balaban J connectivity index is 2.52. The highest BCUT2D eigenvalue weighted by atomic mass is 32.1. The van der Waals surface area contributed by atoms with Crippen molar-refractivity contribution in [2.24, 2.45) is 0 Å². The molecule has 0 aromatic heterocycles. The molecule has 94 valence electrons. The Morgan fingerprint density at radius 2 is 2.00 bits per heavy atom. The van der Waals surface area contributed by atoms with E-state index in [0.29, 0.717) is 17.3 Å². The molecule has 0 bridgehead atoms. The normalized spacial score (nSPS) is 26.7. The zero-order valence-corrected chi connectivity index (χ0v) is 11.8. The molecule has 0 radical (unpaired) electrons. The molecule has 0 unspecified atom stereocenters. The Bertz CT molecular complexity index is 250.